The number of nitrogens with one attached hydrogen (secondary N) is 1. The molecule has 7 heteroatoms. The summed E-state index contributed by atoms with van der Waals surface area (Å²) in [6, 6.07) is 7.76. The number of benzene rings is 1. The molecule has 0 fully saturated rings. The third-order valence-corrected chi connectivity index (χ3v) is 2.95. The highest BCUT2D eigenvalue weighted by atomic mass is 16.5. The maximum absolute atomic E-state index is 11.5. The Labute approximate surface area is 121 Å². The lowest BCUT2D eigenvalue weighted by Crippen LogP contribution is -2.29. The van der Waals surface area contributed by atoms with Gasteiger partial charge in [0.1, 0.15) is 19.0 Å². The summed E-state index contributed by atoms with van der Waals surface area (Å²) in [6.45, 7) is 2.27. The number of aromatic nitrogens is 2. The zero-order valence-corrected chi connectivity index (χ0v) is 11.7. The van der Waals surface area contributed by atoms with Gasteiger partial charge in [0.05, 0.1) is 17.6 Å². The average molecular weight is 291 g/mol. The van der Waals surface area contributed by atoms with E-state index in [0.717, 1.165) is 23.4 Å². The first-order valence-electron chi connectivity index (χ1n) is 6.62. The van der Waals surface area contributed by atoms with Crippen LogP contribution in [0.2, 0.25) is 0 Å². The van der Waals surface area contributed by atoms with Crippen LogP contribution < -0.4 is 5.32 Å². The van der Waals surface area contributed by atoms with Crippen molar-refractivity contribution in [2.45, 2.75) is 20.0 Å². The van der Waals surface area contributed by atoms with Crippen LogP contribution >= 0.6 is 0 Å². The molecule has 0 saturated heterocycles. The van der Waals surface area contributed by atoms with Crippen molar-refractivity contribution in [3.63, 3.8) is 0 Å². The number of carboxylic acids is 1. The fourth-order valence-electron chi connectivity index (χ4n) is 2.07. The molecule has 0 aliphatic rings. The van der Waals surface area contributed by atoms with Crippen molar-refractivity contribution in [2.75, 3.05) is 13.2 Å². The van der Waals surface area contributed by atoms with Gasteiger partial charge in [-0.15, -0.1) is 0 Å². The Morgan fingerprint density at radius 2 is 2.10 bits per heavy atom. The number of aliphatic carboxylic acids is 1. The minimum Gasteiger partial charge on any atom is -0.480 e. The van der Waals surface area contributed by atoms with Gasteiger partial charge >= 0.3 is 5.97 Å². The van der Waals surface area contributed by atoms with Gasteiger partial charge in [-0.2, -0.15) is 0 Å². The number of amides is 1. The molecular weight excluding hydrogens is 274 g/mol. The van der Waals surface area contributed by atoms with Crippen LogP contribution in [0, 0.1) is 0 Å². The van der Waals surface area contributed by atoms with Gasteiger partial charge in [-0.05, 0) is 19.1 Å². The highest BCUT2D eigenvalue weighted by Gasteiger charge is 2.10. The van der Waals surface area contributed by atoms with Gasteiger partial charge in [0, 0.05) is 6.54 Å². The largest absolute Gasteiger partial charge is 0.480 e. The van der Waals surface area contributed by atoms with Gasteiger partial charge in [0.2, 0.25) is 5.91 Å². The number of rotatable bonds is 7. The third kappa shape index (κ3) is 3.79. The van der Waals surface area contributed by atoms with Crippen molar-refractivity contribution in [2.24, 2.45) is 0 Å². The van der Waals surface area contributed by atoms with Crippen molar-refractivity contribution in [1.29, 1.82) is 0 Å². The van der Waals surface area contributed by atoms with Crippen LogP contribution in [0.15, 0.2) is 24.3 Å². The van der Waals surface area contributed by atoms with Crippen LogP contribution in [0.5, 0.6) is 0 Å². The molecule has 0 saturated carbocycles. The van der Waals surface area contributed by atoms with Gasteiger partial charge < -0.3 is 19.7 Å². The number of para-hydroxylation sites is 2. The number of aryl methyl sites for hydroxylation is 1. The Bertz CT molecular complexity index is 651. The Morgan fingerprint density at radius 1 is 1.33 bits per heavy atom. The predicted molar refractivity (Wildman–Crippen MR) is 75.7 cm³/mol. The Kier molecular flexibility index (Phi) is 4.89. The maximum Gasteiger partial charge on any atom is 0.329 e. The van der Waals surface area contributed by atoms with E-state index >= 15 is 0 Å². The summed E-state index contributed by atoms with van der Waals surface area (Å²) >= 11 is 0. The molecule has 1 aromatic heterocycles. The zero-order chi connectivity index (χ0) is 15.2. The summed E-state index contributed by atoms with van der Waals surface area (Å²) in [5.74, 6) is -0.716. The van der Waals surface area contributed by atoms with Crippen LogP contribution in [0.4, 0.5) is 0 Å². The van der Waals surface area contributed by atoms with Gasteiger partial charge in [-0.3, -0.25) is 4.79 Å². The van der Waals surface area contributed by atoms with Crippen LogP contribution in [-0.2, 0) is 27.4 Å². The molecule has 0 bridgehead atoms. The molecule has 0 unspecified atom stereocenters. The topological polar surface area (TPSA) is 93.5 Å². The predicted octanol–water partition coefficient (Wildman–Crippen LogP) is 0.774. The van der Waals surface area contributed by atoms with Crippen LogP contribution in [0.1, 0.15) is 12.7 Å². The Hall–Kier alpha value is -2.41. The van der Waals surface area contributed by atoms with Gasteiger partial charge in [-0.1, -0.05) is 12.1 Å². The van der Waals surface area contributed by atoms with E-state index in [9.17, 15) is 9.59 Å². The summed E-state index contributed by atoms with van der Waals surface area (Å²) in [4.78, 5) is 26.3. The van der Waals surface area contributed by atoms with E-state index in [0.29, 0.717) is 0 Å². The molecule has 112 valence electrons. The summed E-state index contributed by atoms with van der Waals surface area (Å²) in [7, 11) is 0. The Balaban J connectivity index is 1.97. The fourth-order valence-corrected chi connectivity index (χ4v) is 2.07. The molecule has 0 atom stereocenters. The van der Waals surface area contributed by atoms with E-state index in [4.69, 9.17) is 9.84 Å². The lowest BCUT2D eigenvalue weighted by molar-refractivity contribution is -0.143. The lowest BCUT2D eigenvalue weighted by Gasteiger charge is -2.07. The van der Waals surface area contributed by atoms with Gasteiger partial charge in [0.25, 0.3) is 0 Å². The van der Waals surface area contributed by atoms with E-state index in [1.54, 1.807) is 0 Å². The van der Waals surface area contributed by atoms with Crippen molar-refractivity contribution in [3.8, 4) is 0 Å². The molecule has 21 heavy (non-hydrogen) atoms. The smallest absolute Gasteiger partial charge is 0.329 e. The first-order chi connectivity index (χ1) is 10.1. The Morgan fingerprint density at radius 3 is 2.81 bits per heavy atom. The van der Waals surface area contributed by atoms with Crippen molar-refractivity contribution in [1.82, 2.24) is 14.9 Å². The summed E-state index contributed by atoms with van der Waals surface area (Å²) < 4.78 is 6.74. The quantitative estimate of drug-likeness (QED) is 0.786. The second-order valence-electron chi connectivity index (χ2n) is 4.42. The molecule has 7 nitrogen and oxygen atoms in total. The first kappa shape index (κ1) is 15.0. The van der Waals surface area contributed by atoms with E-state index in [2.05, 4.69) is 10.3 Å². The number of carbonyl (C=O) groups is 2. The molecule has 0 aliphatic heterocycles. The zero-order valence-electron chi connectivity index (χ0n) is 11.7. The highest BCUT2D eigenvalue weighted by molar-refractivity contribution is 5.78. The maximum atomic E-state index is 11.5. The number of carboxylic acid groups (broad SMARTS) is 1. The monoisotopic (exact) mass is 291 g/mol. The second-order valence-corrected chi connectivity index (χ2v) is 4.42. The number of hydrogen-bond acceptors (Lipinski definition) is 4. The van der Waals surface area contributed by atoms with Gasteiger partial charge in [-0.25, -0.2) is 9.78 Å². The fraction of sp³-hybridized carbons (Fsp3) is 0.357. The molecule has 1 amide bonds. The van der Waals surface area contributed by atoms with Gasteiger partial charge in [0.15, 0.2) is 0 Å². The molecule has 2 rings (SSSR count). The van der Waals surface area contributed by atoms with Crippen LogP contribution in [-0.4, -0.2) is 39.7 Å². The summed E-state index contributed by atoms with van der Waals surface area (Å²) in [5, 5.41) is 11.1. The van der Waals surface area contributed by atoms with E-state index in [1.807, 2.05) is 35.8 Å². The number of fused-ring (bicyclic) bond motifs is 1. The minimum absolute atomic E-state index is 0.276. The molecule has 0 spiro atoms. The molecule has 2 N–H and O–H groups in total. The SMILES string of the molecule is CCn1c(CNC(=O)COCC(=O)O)nc2ccccc21. The number of ether oxygens (including phenoxy) is 1. The standard InChI is InChI=1S/C14H17N3O4/c1-2-17-11-6-4-3-5-10(11)16-12(17)7-15-13(18)8-21-9-14(19)20/h3-6H,2,7-9H2,1H3,(H,15,18)(H,19,20). The molecule has 0 aliphatic carbocycles. The molecular formula is C14H17N3O4. The molecule has 1 aromatic carbocycles. The number of carbonyl (C=O) groups excluding carboxylic acids is 1. The average Bonchev–Trinajstić information content (AvgIpc) is 2.82. The molecule has 1 heterocycles. The molecule has 0 radical (unpaired) electrons. The van der Waals surface area contributed by atoms with Crippen LogP contribution in [0.3, 0.4) is 0 Å². The normalized spacial score (nSPS) is 10.7. The number of imidazole rings is 1. The second kappa shape index (κ2) is 6.85. The van der Waals surface area contributed by atoms with E-state index in [1.165, 1.54) is 0 Å². The van der Waals surface area contributed by atoms with Crippen molar-refractivity contribution >= 4 is 22.9 Å². The van der Waals surface area contributed by atoms with Crippen LogP contribution in [0.25, 0.3) is 11.0 Å². The minimum atomic E-state index is -1.10. The number of hydrogen-bond donors (Lipinski definition) is 2. The van der Waals surface area contributed by atoms with E-state index < -0.39 is 12.6 Å². The van der Waals surface area contributed by atoms with E-state index in [-0.39, 0.29) is 19.1 Å². The summed E-state index contributed by atoms with van der Waals surface area (Å²) in [6.07, 6.45) is 0. The molecule has 2 aromatic rings. The summed E-state index contributed by atoms with van der Waals surface area (Å²) in [5.41, 5.74) is 1.90. The third-order valence-electron chi connectivity index (χ3n) is 2.95. The van der Waals surface area contributed by atoms with Crippen molar-refractivity contribution in [3.05, 3.63) is 30.1 Å². The highest BCUT2D eigenvalue weighted by Crippen LogP contribution is 2.15. The first-order valence-corrected chi connectivity index (χ1v) is 6.62. The lowest BCUT2D eigenvalue weighted by atomic mass is 10.3. The number of nitrogens with zero attached hydrogens (tertiary/aromatic N) is 2. The van der Waals surface area contributed by atoms with Crippen molar-refractivity contribution < 1.29 is 19.4 Å².